The number of nitrogens with zero attached hydrogens (tertiary/aromatic N) is 1. The van der Waals surface area contributed by atoms with Crippen molar-refractivity contribution < 1.29 is 9.59 Å². The highest BCUT2D eigenvalue weighted by atomic mass is 16.2. The minimum absolute atomic E-state index is 0.0789. The highest BCUT2D eigenvalue weighted by Gasteiger charge is 2.33. The number of nitrogens with two attached hydrogens (primary N) is 1. The van der Waals surface area contributed by atoms with E-state index < -0.39 is 5.91 Å². The lowest BCUT2D eigenvalue weighted by molar-refractivity contribution is -0.143. The Kier molecular flexibility index (Phi) is 5.40. The summed E-state index contributed by atoms with van der Waals surface area (Å²) < 4.78 is 0. The van der Waals surface area contributed by atoms with Crippen molar-refractivity contribution in [3.05, 3.63) is 0 Å². The highest BCUT2D eigenvalue weighted by Crippen LogP contribution is 2.30. The number of hydrogen-bond acceptors (Lipinski definition) is 3. The van der Waals surface area contributed by atoms with E-state index in [0.717, 1.165) is 57.5 Å². The topological polar surface area (TPSA) is 75.4 Å². The first kappa shape index (κ1) is 15.3. The monoisotopic (exact) mass is 281 g/mol. The van der Waals surface area contributed by atoms with Gasteiger partial charge in [0.25, 0.3) is 0 Å². The van der Waals surface area contributed by atoms with Gasteiger partial charge in [-0.2, -0.15) is 0 Å². The lowest BCUT2D eigenvalue weighted by Gasteiger charge is -2.37. The van der Waals surface area contributed by atoms with Gasteiger partial charge in [0.05, 0.1) is 6.54 Å². The van der Waals surface area contributed by atoms with Crippen molar-refractivity contribution in [1.82, 2.24) is 10.2 Å². The summed E-state index contributed by atoms with van der Waals surface area (Å²) >= 11 is 0. The molecule has 114 valence electrons. The number of primary amides is 1. The predicted octanol–water partition coefficient (Wildman–Crippen LogP) is 0.879. The fraction of sp³-hybridized carbons (Fsp3) is 0.867. The van der Waals surface area contributed by atoms with Gasteiger partial charge in [0.2, 0.25) is 11.8 Å². The molecule has 2 amide bonds. The smallest absolute Gasteiger partial charge is 0.237 e. The molecule has 0 atom stereocenters. The van der Waals surface area contributed by atoms with Crippen molar-refractivity contribution >= 4 is 11.8 Å². The van der Waals surface area contributed by atoms with E-state index >= 15 is 0 Å². The highest BCUT2D eigenvalue weighted by molar-refractivity contribution is 5.85. The van der Waals surface area contributed by atoms with Crippen LogP contribution in [0.5, 0.6) is 0 Å². The summed E-state index contributed by atoms with van der Waals surface area (Å²) in [6.45, 7) is 4.15. The molecule has 3 N–H and O–H groups in total. The molecule has 1 saturated heterocycles. The van der Waals surface area contributed by atoms with Crippen LogP contribution in [-0.4, -0.2) is 42.4 Å². The van der Waals surface area contributed by atoms with Crippen LogP contribution in [0.1, 0.15) is 45.4 Å². The quantitative estimate of drug-likeness (QED) is 0.803. The Morgan fingerprint density at radius 1 is 1.10 bits per heavy atom. The van der Waals surface area contributed by atoms with E-state index in [1.54, 1.807) is 4.90 Å². The van der Waals surface area contributed by atoms with Gasteiger partial charge in [-0.15, -0.1) is 0 Å². The predicted molar refractivity (Wildman–Crippen MR) is 77.9 cm³/mol. The van der Waals surface area contributed by atoms with E-state index in [1.807, 2.05) is 0 Å². The molecule has 1 aliphatic carbocycles. The van der Waals surface area contributed by atoms with Crippen molar-refractivity contribution in [2.75, 3.05) is 19.6 Å². The molecule has 1 aliphatic heterocycles. The zero-order valence-corrected chi connectivity index (χ0v) is 12.4. The summed E-state index contributed by atoms with van der Waals surface area (Å²) in [4.78, 5) is 25.8. The maximum absolute atomic E-state index is 12.7. The van der Waals surface area contributed by atoms with E-state index in [4.69, 9.17) is 5.73 Å². The van der Waals surface area contributed by atoms with Gasteiger partial charge in [0.1, 0.15) is 0 Å². The zero-order chi connectivity index (χ0) is 14.5. The maximum Gasteiger partial charge on any atom is 0.237 e. The molecule has 0 bridgehead atoms. The number of amides is 2. The Bertz CT molecular complexity index is 345. The minimum Gasteiger partial charge on any atom is -0.368 e. The fourth-order valence-corrected chi connectivity index (χ4v) is 3.41. The summed E-state index contributed by atoms with van der Waals surface area (Å²) in [5.41, 5.74) is 5.34. The second-order valence-corrected chi connectivity index (χ2v) is 6.37. The van der Waals surface area contributed by atoms with E-state index in [2.05, 4.69) is 12.2 Å². The van der Waals surface area contributed by atoms with Crippen LogP contribution < -0.4 is 11.1 Å². The minimum atomic E-state index is -0.402. The largest absolute Gasteiger partial charge is 0.368 e. The van der Waals surface area contributed by atoms with Gasteiger partial charge in [-0.3, -0.25) is 9.59 Å². The van der Waals surface area contributed by atoms with Crippen LogP contribution in [0.4, 0.5) is 0 Å². The molecule has 1 heterocycles. The van der Waals surface area contributed by atoms with Crippen molar-refractivity contribution in [3.8, 4) is 0 Å². The van der Waals surface area contributed by atoms with E-state index in [0.29, 0.717) is 0 Å². The van der Waals surface area contributed by atoms with Gasteiger partial charge >= 0.3 is 0 Å². The first-order chi connectivity index (χ1) is 9.58. The van der Waals surface area contributed by atoms with E-state index in [-0.39, 0.29) is 24.4 Å². The molecular weight excluding hydrogens is 254 g/mol. The normalized spacial score (nSPS) is 28.1. The van der Waals surface area contributed by atoms with Gasteiger partial charge in [-0.25, -0.2) is 0 Å². The van der Waals surface area contributed by atoms with Gasteiger partial charge < -0.3 is 16.0 Å². The molecule has 5 nitrogen and oxygen atoms in total. The number of rotatable bonds is 4. The van der Waals surface area contributed by atoms with Crippen LogP contribution in [0.3, 0.4) is 0 Å². The van der Waals surface area contributed by atoms with Crippen molar-refractivity contribution in [2.24, 2.45) is 17.6 Å². The van der Waals surface area contributed by atoms with E-state index in [1.165, 1.54) is 0 Å². The summed E-state index contributed by atoms with van der Waals surface area (Å²) in [6, 6.07) is 0.176. The molecule has 2 fully saturated rings. The third-order valence-electron chi connectivity index (χ3n) is 4.72. The van der Waals surface area contributed by atoms with E-state index in [9.17, 15) is 9.59 Å². The molecule has 0 unspecified atom stereocenters. The second-order valence-electron chi connectivity index (χ2n) is 6.37. The van der Waals surface area contributed by atoms with Crippen LogP contribution in [0.2, 0.25) is 0 Å². The first-order valence-electron chi connectivity index (χ1n) is 7.87. The Morgan fingerprint density at radius 2 is 1.70 bits per heavy atom. The third kappa shape index (κ3) is 3.95. The molecule has 1 saturated carbocycles. The number of piperidine rings is 1. The van der Waals surface area contributed by atoms with Gasteiger partial charge in [-0.05, 0) is 57.5 Å². The molecular formula is C15H27N3O2. The summed E-state index contributed by atoms with van der Waals surface area (Å²) in [6.07, 6.45) is 5.99. The molecule has 2 rings (SSSR count). The van der Waals surface area contributed by atoms with Crippen molar-refractivity contribution in [3.63, 3.8) is 0 Å². The molecule has 2 aliphatic rings. The zero-order valence-electron chi connectivity index (χ0n) is 12.4. The third-order valence-corrected chi connectivity index (χ3v) is 4.72. The SMILES string of the molecule is CC1CCC(C(=O)N(CC(N)=O)C2CCNCC2)CC1. The molecule has 0 aromatic heterocycles. The summed E-state index contributed by atoms with van der Waals surface area (Å²) in [5, 5.41) is 3.29. The first-order valence-corrected chi connectivity index (χ1v) is 7.87. The van der Waals surface area contributed by atoms with Gasteiger partial charge in [0, 0.05) is 12.0 Å². The standard InChI is InChI=1S/C15H27N3O2/c1-11-2-4-12(5-3-11)15(20)18(10-14(16)19)13-6-8-17-9-7-13/h11-13,17H,2-10H2,1H3,(H2,16,19). The van der Waals surface area contributed by atoms with Gasteiger partial charge in [0.15, 0.2) is 0 Å². The van der Waals surface area contributed by atoms with Crippen molar-refractivity contribution in [1.29, 1.82) is 0 Å². The molecule has 5 heteroatoms. The second kappa shape index (κ2) is 7.07. The molecule has 20 heavy (non-hydrogen) atoms. The van der Waals surface area contributed by atoms with Gasteiger partial charge in [-0.1, -0.05) is 6.92 Å². The van der Waals surface area contributed by atoms with Crippen LogP contribution in [0.15, 0.2) is 0 Å². The number of hydrogen-bond donors (Lipinski definition) is 2. The lowest BCUT2D eigenvalue weighted by Crippen LogP contribution is -2.51. The van der Waals surface area contributed by atoms with Crippen LogP contribution >= 0.6 is 0 Å². The van der Waals surface area contributed by atoms with Crippen LogP contribution in [0, 0.1) is 11.8 Å². The Balaban J connectivity index is 2.01. The van der Waals surface area contributed by atoms with Crippen LogP contribution in [-0.2, 0) is 9.59 Å². The number of carbonyl (C=O) groups excluding carboxylic acids is 2. The van der Waals surface area contributed by atoms with Crippen LogP contribution in [0.25, 0.3) is 0 Å². The summed E-state index contributed by atoms with van der Waals surface area (Å²) in [7, 11) is 0. The Hall–Kier alpha value is -1.10. The average molecular weight is 281 g/mol. The average Bonchev–Trinajstić information content (AvgIpc) is 2.45. The number of nitrogens with one attached hydrogen (secondary N) is 1. The van der Waals surface area contributed by atoms with Crippen molar-refractivity contribution in [2.45, 2.75) is 51.5 Å². The fourth-order valence-electron chi connectivity index (χ4n) is 3.41. The molecule has 0 aromatic rings. The lowest BCUT2D eigenvalue weighted by atomic mass is 9.82. The maximum atomic E-state index is 12.7. The number of carbonyl (C=O) groups is 2. The Labute approximate surface area is 121 Å². The summed E-state index contributed by atoms with van der Waals surface area (Å²) in [5.74, 6) is 0.576. The molecule has 0 radical (unpaired) electrons. The molecule has 0 aromatic carbocycles. The molecule has 0 spiro atoms. The Morgan fingerprint density at radius 3 is 2.25 bits per heavy atom.